The summed E-state index contributed by atoms with van der Waals surface area (Å²) < 4.78 is 10.8. The van der Waals surface area contributed by atoms with Gasteiger partial charge in [-0.3, -0.25) is 5.84 Å². The van der Waals surface area contributed by atoms with E-state index in [1.807, 2.05) is 18.2 Å². The van der Waals surface area contributed by atoms with Crippen LogP contribution < -0.4 is 11.3 Å². The first-order chi connectivity index (χ1) is 8.24. The third-order valence-corrected chi connectivity index (χ3v) is 2.85. The number of nitrogens with one attached hydrogen (secondary N) is 1. The van der Waals surface area contributed by atoms with E-state index in [4.69, 9.17) is 15.0 Å². The van der Waals surface area contributed by atoms with Gasteiger partial charge in [0.25, 0.3) is 0 Å². The van der Waals surface area contributed by atoms with Crippen molar-refractivity contribution in [2.24, 2.45) is 5.84 Å². The van der Waals surface area contributed by atoms with Gasteiger partial charge >= 0.3 is 0 Å². The number of aryl methyl sites for hydroxylation is 1. The molecule has 3 N–H and O–H groups in total. The molecule has 4 nitrogen and oxygen atoms in total. The number of furan rings is 1. The average Bonchev–Trinajstić information content (AvgIpc) is 2.72. The topological polar surface area (TPSA) is 60.4 Å². The zero-order valence-electron chi connectivity index (χ0n) is 10.2. The molecule has 0 bridgehead atoms. The maximum Gasteiger partial charge on any atom is 0.134 e. The van der Waals surface area contributed by atoms with Crippen molar-refractivity contribution < 1.29 is 9.15 Å². The van der Waals surface area contributed by atoms with Crippen LogP contribution in [0, 0.1) is 6.92 Å². The van der Waals surface area contributed by atoms with Gasteiger partial charge in [0.05, 0.1) is 6.04 Å². The largest absolute Gasteiger partial charge is 0.459 e. The van der Waals surface area contributed by atoms with Crippen LogP contribution in [0.2, 0.25) is 0 Å². The fourth-order valence-electron chi connectivity index (χ4n) is 1.90. The number of fused-ring (bicyclic) bond motifs is 1. The highest BCUT2D eigenvalue weighted by Gasteiger charge is 2.14. The second kappa shape index (κ2) is 5.31. The minimum atomic E-state index is -0.0114. The number of benzene rings is 1. The first-order valence-corrected chi connectivity index (χ1v) is 5.69. The van der Waals surface area contributed by atoms with Gasteiger partial charge in [-0.25, -0.2) is 5.43 Å². The van der Waals surface area contributed by atoms with Crippen LogP contribution in [0.25, 0.3) is 11.0 Å². The Labute approximate surface area is 101 Å². The van der Waals surface area contributed by atoms with E-state index in [-0.39, 0.29) is 6.04 Å². The average molecular weight is 234 g/mol. The van der Waals surface area contributed by atoms with E-state index in [2.05, 4.69) is 18.4 Å². The molecule has 4 heteroatoms. The van der Waals surface area contributed by atoms with Crippen molar-refractivity contribution in [1.82, 2.24) is 5.43 Å². The van der Waals surface area contributed by atoms with Crippen LogP contribution in [-0.4, -0.2) is 13.7 Å². The Morgan fingerprint density at radius 2 is 2.24 bits per heavy atom. The number of hydrogen-bond donors (Lipinski definition) is 2. The molecule has 1 unspecified atom stereocenters. The highest BCUT2D eigenvalue weighted by Crippen LogP contribution is 2.26. The van der Waals surface area contributed by atoms with Gasteiger partial charge < -0.3 is 9.15 Å². The molecule has 1 aromatic carbocycles. The molecule has 0 aliphatic carbocycles. The molecule has 0 aliphatic rings. The normalized spacial score (nSPS) is 13.1. The van der Waals surface area contributed by atoms with Gasteiger partial charge in [0.15, 0.2) is 0 Å². The molecule has 0 aliphatic heterocycles. The standard InChI is InChI=1S/C13H18N2O2/c1-9-3-4-12-10(7-9)8-13(17-12)11(15-14)5-6-16-2/h3-4,7-8,11,15H,5-6,14H2,1-2H3. The van der Waals surface area contributed by atoms with Crippen LogP contribution in [0.3, 0.4) is 0 Å². The summed E-state index contributed by atoms with van der Waals surface area (Å²) >= 11 is 0. The van der Waals surface area contributed by atoms with Gasteiger partial charge in [-0.1, -0.05) is 11.6 Å². The Hall–Kier alpha value is -1.36. The number of hydrogen-bond acceptors (Lipinski definition) is 4. The molecular formula is C13H18N2O2. The fourth-order valence-corrected chi connectivity index (χ4v) is 1.90. The van der Waals surface area contributed by atoms with Gasteiger partial charge in [-0.05, 0) is 31.5 Å². The summed E-state index contributed by atoms with van der Waals surface area (Å²) in [6, 6.07) is 8.14. The summed E-state index contributed by atoms with van der Waals surface area (Å²) in [5.41, 5.74) is 4.87. The molecule has 17 heavy (non-hydrogen) atoms. The lowest BCUT2D eigenvalue weighted by molar-refractivity contribution is 0.179. The van der Waals surface area contributed by atoms with Crippen LogP contribution in [0.5, 0.6) is 0 Å². The third-order valence-electron chi connectivity index (χ3n) is 2.85. The second-order valence-corrected chi connectivity index (χ2v) is 4.19. The minimum Gasteiger partial charge on any atom is -0.459 e. The Morgan fingerprint density at radius 1 is 1.41 bits per heavy atom. The molecule has 1 atom stereocenters. The predicted molar refractivity (Wildman–Crippen MR) is 67.5 cm³/mol. The lowest BCUT2D eigenvalue weighted by Gasteiger charge is -2.11. The Bertz CT molecular complexity index is 493. The van der Waals surface area contributed by atoms with Crippen molar-refractivity contribution in [3.63, 3.8) is 0 Å². The van der Waals surface area contributed by atoms with Gasteiger partial charge in [0, 0.05) is 19.1 Å². The van der Waals surface area contributed by atoms with E-state index in [1.54, 1.807) is 7.11 Å². The zero-order chi connectivity index (χ0) is 12.3. The Morgan fingerprint density at radius 3 is 2.94 bits per heavy atom. The van der Waals surface area contributed by atoms with Crippen LogP contribution in [-0.2, 0) is 4.74 Å². The molecule has 0 fully saturated rings. The zero-order valence-corrected chi connectivity index (χ0v) is 10.2. The van der Waals surface area contributed by atoms with Crippen molar-refractivity contribution in [2.75, 3.05) is 13.7 Å². The van der Waals surface area contributed by atoms with Crippen molar-refractivity contribution >= 4 is 11.0 Å². The first kappa shape index (κ1) is 12.1. The number of hydrazine groups is 1. The van der Waals surface area contributed by atoms with Gasteiger partial charge in [-0.15, -0.1) is 0 Å². The number of ether oxygens (including phenoxy) is 1. The van der Waals surface area contributed by atoms with E-state index in [1.165, 1.54) is 5.56 Å². The fraction of sp³-hybridized carbons (Fsp3) is 0.385. The molecule has 1 aromatic heterocycles. The second-order valence-electron chi connectivity index (χ2n) is 4.19. The van der Waals surface area contributed by atoms with E-state index < -0.39 is 0 Å². The Balaban J connectivity index is 2.27. The van der Waals surface area contributed by atoms with Gasteiger partial charge in [0.2, 0.25) is 0 Å². The van der Waals surface area contributed by atoms with Crippen molar-refractivity contribution in [3.8, 4) is 0 Å². The maximum absolute atomic E-state index is 5.78. The molecule has 0 amide bonds. The summed E-state index contributed by atoms with van der Waals surface area (Å²) in [5, 5.41) is 1.11. The summed E-state index contributed by atoms with van der Waals surface area (Å²) in [6.45, 7) is 2.71. The van der Waals surface area contributed by atoms with Crippen LogP contribution >= 0.6 is 0 Å². The lowest BCUT2D eigenvalue weighted by Crippen LogP contribution is -2.28. The Kier molecular flexibility index (Phi) is 3.78. The van der Waals surface area contributed by atoms with Crippen molar-refractivity contribution in [1.29, 1.82) is 0 Å². The van der Waals surface area contributed by atoms with Crippen LogP contribution in [0.4, 0.5) is 0 Å². The molecule has 0 saturated carbocycles. The third kappa shape index (κ3) is 2.66. The smallest absolute Gasteiger partial charge is 0.134 e. The molecule has 92 valence electrons. The molecule has 0 radical (unpaired) electrons. The van der Waals surface area contributed by atoms with E-state index in [0.717, 1.165) is 23.2 Å². The molecular weight excluding hydrogens is 216 g/mol. The maximum atomic E-state index is 5.78. The SMILES string of the molecule is COCCC(NN)c1cc2cc(C)ccc2o1. The number of nitrogens with two attached hydrogens (primary N) is 1. The number of methoxy groups -OCH3 is 1. The highest BCUT2D eigenvalue weighted by molar-refractivity contribution is 5.78. The summed E-state index contributed by atoms with van der Waals surface area (Å²) in [6.07, 6.45) is 0.784. The van der Waals surface area contributed by atoms with E-state index in [9.17, 15) is 0 Å². The number of rotatable bonds is 5. The molecule has 2 rings (SSSR count). The summed E-state index contributed by atoms with van der Waals surface area (Å²) in [7, 11) is 1.68. The van der Waals surface area contributed by atoms with Crippen molar-refractivity contribution in [2.45, 2.75) is 19.4 Å². The lowest BCUT2D eigenvalue weighted by atomic mass is 10.1. The van der Waals surface area contributed by atoms with Gasteiger partial charge in [0.1, 0.15) is 11.3 Å². The van der Waals surface area contributed by atoms with E-state index >= 15 is 0 Å². The summed E-state index contributed by atoms with van der Waals surface area (Å²) in [4.78, 5) is 0. The molecule has 1 heterocycles. The predicted octanol–water partition coefficient (Wildman–Crippen LogP) is 2.28. The van der Waals surface area contributed by atoms with Crippen molar-refractivity contribution in [3.05, 3.63) is 35.6 Å². The van der Waals surface area contributed by atoms with E-state index in [0.29, 0.717) is 6.61 Å². The highest BCUT2D eigenvalue weighted by atomic mass is 16.5. The van der Waals surface area contributed by atoms with Crippen LogP contribution in [0.1, 0.15) is 23.8 Å². The minimum absolute atomic E-state index is 0.0114. The molecule has 0 spiro atoms. The quantitative estimate of drug-likeness (QED) is 0.615. The monoisotopic (exact) mass is 234 g/mol. The van der Waals surface area contributed by atoms with Gasteiger partial charge in [-0.2, -0.15) is 0 Å². The summed E-state index contributed by atoms with van der Waals surface area (Å²) in [5.74, 6) is 6.38. The first-order valence-electron chi connectivity index (χ1n) is 5.69. The molecule has 2 aromatic rings. The van der Waals surface area contributed by atoms with Crippen LogP contribution in [0.15, 0.2) is 28.7 Å². The molecule has 0 saturated heterocycles.